The first-order valence-corrected chi connectivity index (χ1v) is 8.77. The Bertz CT molecular complexity index is 565. The molecule has 3 rings (SSSR count). The second-order valence-corrected chi connectivity index (χ2v) is 7.14. The Morgan fingerprint density at radius 1 is 1.31 bits per heavy atom. The molecule has 2 atom stereocenters. The molecule has 3 heterocycles. The van der Waals surface area contributed by atoms with Crippen LogP contribution in [0.3, 0.4) is 0 Å². The Balaban J connectivity index is 0.00000169. The molecule has 148 valence electrons. The monoisotopic (exact) mass is 405 g/mol. The van der Waals surface area contributed by atoms with E-state index in [1.54, 1.807) is 12.4 Å². The van der Waals surface area contributed by atoms with E-state index in [0.29, 0.717) is 25.9 Å². The van der Waals surface area contributed by atoms with E-state index in [0.717, 1.165) is 31.5 Å². The number of rotatable bonds is 4. The number of carbonyl (C=O) groups excluding carboxylic acids is 1. The number of piperidine rings is 1. The summed E-state index contributed by atoms with van der Waals surface area (Å²) in [5, 5.41) is 17.3. The normalized spacial score (nSPS) is 27.1. The highest BCUT2D eigenvalue weighted by atomic mass is 35.5. The molecule has 0 radical (unpaired) electrons. The molecule has 0 unspecified atom stereocenters. The molecule has 1 aromatic heterocycles. The lowest BCUT2D eigenvalue weighted by Crippen LogP contribution is -2.69. The number of nitrogens with zero attached hydrogens (tertiary/aromatic N) is 1. The van der Waals surface area contributed by atoms with Crippen molar-refractivity contribution in [3.05, 3.63) is 30.1 Å². The van der Waals surface area contributed by atoms with Crippen molar-refractivity contribution in [3.8, 4) is 0 Å². The molecule has 1 aromatic rings. The highest BCUT2D eigenvalue weighted by Crippen LogP contribution is 2.38. The van der Waals surface area contributed by atoms with Crippen molar-refractivity contribution in [2.45, 2.75) is 56.3 Å². The minimum atomic E-state index is -0.689. The second-order valence-electron chi connectivity index (χ2n) is 7.14. The van der Waals surface area contributed by atoms with Gasteiger partial charge in [0.15, 0.2) is 0 Å². The Labute approximate surface area is 167 Å². The van der Waals surface area contributed by atoms with Crippen molar-refractivity contribution in [1.29, 1.82) is 0 Å². The molecule has 2 aliphatic rings. The fraction of sp³-hybridized carbons (Fsp3) is 0.667. The first-order chi connectivity index (χ1) is 11.5. The van der Waals surface area contributed by atoms with Gasteiger partial charge in [-0.3, -0.25) is 9.78 Å². The van der Waals surface area contributed by atoms with Crippen LogP contribution in [0, 0.1) is 0 Å². The lowest BCUT2D eigenvalue weighted by Gasteiger charge is -2.52. The van der Waals surface area contributed by atoms with Gasteiger partial charge in [0.25, 0.3) is 0 Å². The third-order valence-electron chi connectivity index (χ3n) is 5.38. The molecule has 3 N–H and O–H groups in total. The summed E-state index contributed by atoms with van der Waals surface area (Å²) in [6, 6.07) is 3.84. The summed E-state index contributed by atoms with van der Waals surface area (Å²) in [6.07, 6.45) is 6.03. The number of hydrogen-bond acceptors (Lipinski definition) is 5. The first-order valence-electron chi connectivity index (χ1n) is 8.77. The van der Waals surface area contributed by atoms with E-state index in [-0.39, 0.29) is 30.7 Å². The SMILES string of the molecule is C[C@@]1(NC(=O)CCc2ccncc2)CCOC2(CCNCC2)[C@H]1O.Cl.Cl. The number of hydrogen-bond donors (Lipinski definition) is 3. The van der Waals surface area contributed by atoms with E-state index < -0.39 is 17.2 Å². The largest absolute Gasteiger partial charge is 0.388 e. The quantitative estimate of drug-likeness (QED) is 0.708. The third-order valence-corrected chi connectivity index (χ3v) is 5.38. The van der Waals surface area contributed by atoms with Gasteiger partial charge in [-0.25, -0.2) is 0 Å². The molecule has 0 saturated carbocycles. The number of amides is 1. The standard InChI is InChI=1S/C18H27N3O3.2ClH/c1-17(21-15(22)3-2-14-4-9-19-10-5-14)8-13-24-18(16(17)23)6-11-20-12-7-18;;/h4-5,9-10,16,20,23H,2-3,6-8,11-13H2,1H3,(H,21,22);2*1H/t16-,17+;;/m0../s1. The van der Waals surface area contributed by atoms with Crippen LogP contribution in [0.2, 0.25) is 0 Å². The fourth-order valence-electron chi connectivity index (χ4n) is 3.85. The number of aliphatic hydroxyl groups is 1. The second kappa shape index (κ2) is 9.85. The maximum absolute atomic E-state index is 12.4. The first kappa shape index (κ1) is 23.1. The van der Waals surface area contributed by atoms with Gasteiger partial charge in [-0.2, -0.15) is 0 Å². The van der Waals surface area contributed by atoms with E-state index in [2.05, 4.69) is 15.6 Å². The summed E-state index contributed by atoms with van der Waals surface area (Å²) >= 11 is 0. The lowest BCUT2D eigenvalue weighted by molar-refractivity contribution is -0.200. The molecule has 8 heteroatoms. The minimum Gasteiger partial charge on any atom is -0.388 e. The van der Waals surface area contributed by atoms with Crippen LogP contribution in [0.4, 0.5) is 0 Å². The van der Waals surface area contributed by atoms with Crippen LogP contribution in [0.1, 0.15) is 38.2 Å². The van der Waals surface area contributed by atoms with Crippen LogP contribution in [0.5, 0.6) is 0 Å². The summed E-state index contributed by atoms with van der Waals surface area (Å²) in [6.45, 7) is 4.18. The van der Waals surface area contributed by atoms with Crippen LogP contribution in [0.25, 0.3) is 0 Å². The zero-order valence-electron chi connectivity index (χ0n) is 15.1. The highest BCUT2D eigenvalue weighted by molar-refractivity contribution is 5.85. The van der Waals surface area contributed by atoms with Gasteiger partial charge in [-0.1, -0.05) is 0 Å². The van der Waals surface area contributed by atoms with Crippen molar-refractivity contribution in [2.24, 2.45) is 0 Å². The molecular weight excluding hydrogens is 377 g/mol. The number of carbonyl (C=O) groups is 1. The molecule has 0 aliphatic carbocycles. The van der Waals surface area contributed by atoms with Gasteiger partial charge >= 0.3 is 0 Å². The number of aryl methyl sites for hydroxylation is 1. The summed E-state index contributed by atoms with van der Waals surface area (Å²) in [5.74, 6) is -0.0284. The average molecular weight is 406 g/mol. The van der Waals surface area contributed by atoms with Crippen molar-refractivity contribution < 1.29 is 14.6 Å². The molecule has 26 heavy (non-hydrogen) atoms. The smallest absolute Gasteiger partial charge is 0.220 e. The van der Waals surface area contributed by atoms with Gasteiger partial charge in [0.05, 0.1) is 11.1 Å². The van der Waals surface area contributed by atoms with Crippen LogP contribution in [0.15, 0.2) is 24.5 Å². The molecule has 1 amide bonds. The number of ether oxygens (including phenoxy) is 1. The Kier molecular flexibility index (Phi) is 8.76. The molecule has 0 aromatic carbocycles. The molecule has 2 fully saturated rings. The predicted octanol–water partition coefficient (Wildman–Crippen LogP) is 1.64. The Morgan fingerprint density at radius 2 is 1.96 bits per heavy atom. The van der Waals surface area contributed by atoms with E-state index in [9.17, 15) is 9.90 Å². The van der Waals surface area contributed by atoms with Crippen LogP contribution in [-0.2, 0) is 16.0 Å². The van der Waals surface area contributed by atoms with Gasteiger partial charge in [0.1, 0.15) is 6.10 Å². The van der Waals surface area contributed by atoms with Crippen LogP contribution < -0.4 is 10.6 Å². The van der Waals surface area contributed by atoms with E-state index in [4.69, 9.17) is 4.74 Å². The zero-order chi connectivity index (χ0) is 17.0. The molecular formula is C18H29Cl2N3O3. The van der Waals surface area contributed by atoms with Crippen LogP contribution >= 0.6 is 24.8 Å². The van der Waals surface area contributed by atoms with Crippen molar-refractivity contribution >= 4 is 30.7 Å². The number of halogens is 2. The van der Waals surface area contributed by atoms with Crippen molar-refractivity contribution in [3.63, 3.8) is 0 Å². The molecule has 0 bridgehead atoms. The van der Waals surface area contributed by atoms with Crippen LogP contribution in [-0.4, -0.2) is 52.9 Å². The van der Waals surface area contributed by atoms with E-state index in [1.807, 2.05) is 19.1 Å². The van der Waals surface area contributed by atoms with Gasteiger partial charge in [-0.15, -0.1) is 24.8 Å². The fourth-order valence-corrected chi connectivity index (χ4v) is 3.85. The lowest BCUT2D eigenvalue weighted by atomic mass is 9.73. The number of aromatic nitrogens is 1. The summed E-state index contributed by atoms with van der Waals surface area (Å²) in [4.78, 5) is 16.4. The van der Waals surface area contributed by atoms with Gasteiger partial charge in [0, 0.05) is 25.4 Å². The topological polar surface area (TPSA) is 83.5 Å². The van der Waals surface area contributed by atoms with Crippen molar-refractivity contribution in [2.75, 3.05) is 19.7 Å². The van der Waals surface area contributed by atoms with Gasteiger partial charge in [0.2, 0.25) is 5.91 Å². The maximum atomic E-state index is 12.4. The Hall–Kier alpha value is -0.920. The predicted molar refractivity (Wildman–Crippen MR) is 105 cm³/mol. The number of pyridine rings is 1. The summed E-state index contributed by atoms with van der Waals surface area (Å²) in [5.41, 5.74) is -0.0747. The molecule has 6 nitrogen and oxygen atoms in total. The Morgan fingerprint density at radius 3 is 2.62 bits per heavy atom. The number of nitrogens with one attached hydrogen (secondary N) is 2. The molecule has 2 aliphatic heterocycles. The summed E-state index contributed by atoms with van der Waals surface area (Å²) < 4.78 is 5.98. The highest BCUT2D eigenvalue weighted by Gasteiger charge is 2.52. The molecule has 2 saturated heterocycles. The van der Waals surface area contributed by atoms with Gasteiger partial charge in [-0.05, 0) is 63.4 Å². The maximum Gasteiger partial charge on any atom is 0.220 e. The zero-order valence-corrected chi connectivity index (χ0v) is 16.7. The van der Waals surface area contributed by atoms with Crippen molar-refractivity contribution in [1.82, 2.24) is 15.6 Å². The van der Waals surface area contributed by atoms with E-state index in [1.165, 1.54) is 0 Å². The van der Waals surface area contributed by atoms with Gasteiger partial charge < -0.3 is 20.5 Å². The van der Waals surface area contributed by atoms with E-state index >= 15 is 0 Å². The average Bonchev–Trinajstić information content (AvgIpc) is 2.60. The number of aliphatic hydroxyl groups excluding tert-OH is 1. The summed E-state index contributed by atoms with van der Waals surface area (Å²) in [7, 11) is 0. The third kappa shape index (κ3) is 5.08. The minimum absolute atomic E-state index is 0. The molecule has 1 spiro atoms.